The van der Waals surface area contributed by atoms with Crippen molar-refractivity contribution in [3.05, 3.63) is 34.9 Å². The maximum absolute atomic E-state index is 6.01. The van der Waals surface area contributed by atoms with E-state index >= 15 is 0 Å². The monoisotopic (exact) mass is 278 g/mol. The number of aliphatic imine (C=N–C) groups is 1. The Morgan fingerprint density at radius 1 is 1.32 bits per heavy atom. The highest BCUT2D eigenvalue weighted by Gasteiger charge is 2.27. The van der Waals surface area contributed by atoms with Gasteiger partial charge in [0.1, 0.15) is 6.10 Å². The Morgan fingerprint density at radius 3 is 2.89 bits per heavy atom. The van der Waals surface area contributed by atoms with Gasteiger partial charge in [0, 0.05) is 23.9 Å². The van der Waals surface area contributed by atoms with Crippen molar-refractivity contribution in [1.29, 1.82) is 0 Å². The second-order valence-corrected chi connectivity index (χ2v) is 5.73. The van der Waals surface area contributed by atoms with Crippen molar-refractivity contribution in [1.82, 2.24) is 5.32 Å². The van der Waals surface area contributed by atoms with Crippen molar-refractivity contribution in [2.45, 2.75) is 25.4 Å². The van der Waals surface area contributed by atoms with Gasteiger partial charge in [0.05, 0.1) is 6.54 Å². The Hall–Kier alpha value is -1.06. The lowest BCUT2D eigenvalue weighted by Gasteiger charge is -2.23. The zero-order valence-electron chi connectivity index (χ0n) is 10.9. The molecular formula is C15H19ClN2O. The lowest BCUT2D eigenvalue weighted by Crippen LogP contribution is -2.35. The van der Waals surface area contributed by atoms with Crippen molar-refractivity contribution in [3.8, 4) is 0 Å². The average Bonchev–Trinajstić information content (AvgIpc) is 2.91. The van der Waals surface area contributed by atoms with E-state index in [9.17, 15) is 0 Å². The van der Waals surface area contributed by atoms with Crippen LogP contribution in [0.25, 0.3) is 0 Å². The molecule has 0 spiro atoms. The van der Waals surface area contributed by atoms with Crippen molar-refractivity contribution < 1.29 is 4.74 Å². The molecule has 0 aliphatic carbocycles. The molecule has 2 aliphatic heterocycles. The molecule has 102 valence electrons. The molecule has 3 nitrogen and oxygen atoms in total. The molecule has 0 radical (unpaired) electrons. The van der Waals surface area contributed by atoms with Crippen LogP contribution in [0, 0.1) is 5.92 Å². The topological polar surface area (TPSA) is 33.6 Å². The van der Waals surface area contributed by atoms with E-state index in [1.165, 1.54) is 18.4 Å². The predicted octanol–water partition coefficient (Wildman–Crippen LogP) is 2.68. The number of benzene rings is 1. The van der Waals surface area contributed by atoms with E-state index in [1.807, 2.05) is 12.1 Å². The summed E-state index contributed by atoms with van der Waals surface area (Å²) < 4.78 is 6.01. The molecule has 3 rings (SSSR count). The molecule has 0 bridgehead atoms. The fourth-order valence-corrected chi connectivity index (χ4v) is 2.84. The molecule has 1 aromatic rings. The van der Waals surface area contributed by atoms with Crippen molar-refractivity contribution in [3.63, 3.8) is 0 Å². The molecule has 0 saturated carbocycles. The lowest BCUT2D eigenvalue weighted by atomic mass is 10.00. The molecule has 2 heterocycles. The highest BCUT2D eigenvalue weighted by atomic mass is 35.5. The van der Waals surface area contributed by atoms with Gasteiger partial charge in [-0.15, -0.1) is 0 Å². The number of rotatable bonds is 3. The molecule has 4 heteroatoms. The van der Waals surface area contributed by atoms with Gasteiger partial charge >= 0.3 is 0 Å². The van der Waals surface area contributed by atoms with E-state index in [-0.39, 0.29) is 6.10 Å². The first kappa shape index (κ1) is 12.9. The van der Waals surface area contributed by atoms with Gasteiger partial charge < -0.3 is 10.1 Å². The zero-order chi connectivity index (χ0) is 13.1. The van der Waals surface area contributed by atoms with Crippen LogP contribution in [0.3, 0.4) is 0 Å². The molecule has 2 unspecified atom stereocenters. The Bertz CT molecular complexity index is 452. The van der Waals surface area contributed by atoms with Gasteiger partial charge in [0.15, 0.2) is 5.90 Å². The first-order valence-electron chi connectivity index (χ1n) is 6.97. The number of halogens is 1. The second kappa shape index (κ2) is 5.93. The Morgan fingerprint density at radius 2 is 2.16 bits per heavy atom. The summed E-state index contributed by atoms with van der Waals surface area (Å²) in [5, 5.41) is 4.19. The van der Waals surface area contributed by atoms with Gasteiger partial charge in [-0.1, -0.05) is 23.7 Å². The minimum atomic E-state index is 0.193. The first-order chi connectivity index (χ1) is 9.31. The van der Waals surface area contributed by atoms with Gasteiger partial charge in [-0.2, -0.15) is 0 Å². The molecule has 2 aliphatic rings. The van der Waals surface area contributed by atoms with Gasteiger partial charge in [0.2, 0.25) is 0 Å². The quantitative estimate of drug-likeness (QED) is 0.922. The standard InChI is InChI=1S/C15H19ClN2O/c16-13-5-3-11(4-6-13)8-14-10-18-15(19-14)12-2-1-7-17-9-12/h3-6,12,14,17H,1-2,7-10H2. The largest absolute Gasteiger partial charge is 0.475 e. The fraction of sp³-hybridized carbons (Fsp3) is 0.533. The molecular weight excluding hydrogens is 260 g/mol. The molecule has 1 saturated heterocycles. The summed E-state index contributed by atoms with van der Waals surface area (Å²) in [6.45, 7) is 2.92. The number of piperidine rings is 1. The number of nitrogens with zero attached hydrogens (tertiary/aromatic N) is 1. The smallest absolute Gasteiger partial charge is 0.188 e. The summed E-state index contributed by atoms with van der Waals surface area (Å²) in [6.07, 6.45) is 3.51. The molecule has 1 aromatic carbocycles. The van der Waals surface area contributed by atoms with Gasteiger partial charge in [-0.05, 0) is 37.1 Å². The Kier molecular flexibility index (Phi) is 4.04. The maximum Gasteiger partial charge on any atom is 0.188 e. The number of hydrogen-bond donors (Lipinski definition) is 1. The lowest BCUT2D eigenvalue weighted by molar-refractivity contribution is 0.205. The van der Waals surface area contributed by atoms with E-state index in [2.05, 4.69) is 22.4 Å². The minimum Gasteiger partial charge on any atom is -0.475 e. The average molecular weight is 279 g/mol. The Balaban J connectivity index is 1.54. The third kappa shape index (κ3) is 3.28. The third-order valence-corrected chi connectivity index (χ3v) is 4.01. The molecule has 0 amide bonds. The number of hydrogen-bond acceptors (Lipinski definition) is 3. The van der Waals surface area contributed by atoms with Gasteiger partial charge in [0.25, 0.3) is 0 Å². The van der Waals surface area contributed by atoms with E-state index in [0.29, 0.717) is 5.92 Å². The predicted molar refractivity (Wildman–Crippen MR) is 77.9 cm³/mol. The minimum absolute atomic E-state index is 0.193. The van der Waals surface area contributed by atoms with Gasteiger partial charge in [-0.25, -0.2) is 0 Å². The molecule has 2 atom stereocenters. The van der Waals surface area contributed by atoms with Crippen LogP contribution in [0.4, 0.5) is 0 Å². The molecule has 1 fully saturated rings. The highest BCUT2D eigenvalue weighted by Crippen LogP contribution is 2.20. The van der Waals surface area contributed by atoms with Crippen LogP contribution in [0.15, 0.2) is 29.3 Å². The van der Waals surface area contributed by atoms with Crippen molar-refractivity contribution in [2.24, 2.45) is 10.9 Å². The second-order valence-electron chi connectivity index (χ2n) is 5.29. The van der Waals surface area contributed by atoms with Gasteiger partial charge in [-0.3, -0.25) is 4.99 Å². The normalized spacial score (nSPS) is 26.9. The molecule has 1 N–H and O–H groups in total. The van der Waals surface area contributed by atoms with E-state index < -0.39 is 0 Å². The van der Waals surface area contributed by atoms with Crippen LogP contribution in [0.1, 0.15) is 18.4 Å². The van der Waals surface area contributed by atoms with E-state index in [0.717, 1.165) is 37.0 Å². The van der Waals surface area contributed by atoms with Crippen LogP contribution in [0.5, 0.6) is 0 Å². The summed E-state index contributed by atoms with van der Waals surface area (Å²) >= 11 is 5.89. The maximum atomic E-state index is 6.01. The SMILES string of the molecule is Clc1ccc(CC2CN=C(C3CCCNC3)O2)cc1. The van der Waals surface area contributed by atoms with Crippen LogP contribution >= 0.6 is 11.6 Å². The third-order valence-electron chi connectivity index (χ3n) is 3.76. The summed E-state index contributed by atoms with van der Waals surface area (Å²) in [7, 11) is 0. The van der Waals surface area contributed by atoms with Crippen molar-refractivity contribution >= 4 is 17.5 Å². The summed E-state index contributed by atoms with van der Waals surface area (Å²) in [5.41, 5.74) is 1.26. The summed E-state index contributed by atoms with van der Waals surface area (Å²) in [6, 6.07) is 7.98. The summed E-state index contributed by atoms with van der Waals surface area (Å²) in [4.78, 5) is 4.58. The number of nitrogens with one attached hydrogen (secondary N) is 1. The van der Waals surface area contributed by atoms with Crippen LogP contribution in [-0.4, -0.2) is 31.6 Å². The first-order valence-corrected chi connectivity index (χ1v) is 7.35. The number of ether oxygens (including phenoxy) is 1. The Labute approximate surface area is 119 Å². The van der Waals surface area contributed by atoms with Crippen LogP contribution in [-0.2, 0) is 11.2 Å². The summed E-state index contributed by atoms with van der Waals surface area (Å²) in [5.74, 6) is 1.44. The molecule has 19 heavy (non-hydrogen) atoms. The van der Waals surface area contributed by atoms with E-state index in [1.54, 1.807) is 0 Å². The van der Waals surface area contributed by atoms with Crippen LogP contribution in [0.2, 0.25) is 5.02 Å². The highest BCUT2D eigenvalue weighted by molar-refractivity contribution is 6.30. The van der Waals surface area contributed by atoms with Crippen molar-refractivity contribution in [2.75, 3.05) is 19.6 Å². The van der Waals surface area contributed by atoms with Crippen LogP contribution < -0.4 is 5.32 Å². The van der Waals surface area contributed by atoms with E-state index in [4.69, 9.17) is 16.3 Å². The fourth-order valence-electron chi connectivity index (χ4n) is 2.71. The molecule has 0 aromatic heterocycles. The zero-order valence-corrected chi connectivity index (χ0v) is 11.7.